The fourth-order valence-electron chi connectivity index (χ4n) is 3.55. The minimum Gasteiger partial charge on any atom is -0.390 e. The highest BCUT2D eigenvalue weighted by Gasteiger charge is 2.43. The number of hydrogen-bond acceptors (Lipinski definition) is 6. The number of amidine groups is 1. The number of carbonyl (C=O) groups is 1. The van der Waals surface area contributed by atoms with Crippen molar-refractivity contribution in [1.29, 1.82) is 0 Å². The van der Waals surface area contributed by atoms with Crippen LogP contribution in [-0.4, -0.2) is 83.9 Å². The van der Waals surface area contributed by atoms with Crippen LogP contribution in [0, 0.1) is 0 Å². The molecular formula is C19H35N2O6S+. The molecule has 8 nitrogen and oxygen atoms in total. The molecule has 0 aliphatic carbocycles. The molecule has 0 aromatic rings. The van der Waals surface area contributed by atoms with Gasteiger partial charge in [0.2, 0.25) is 5.78 Å². The van der Waals surface area contributed by atoms with Gasteiger partial charge in [-0.25, -0.2) is 4.99 Å². The van der Waals surface area contributed by atoms with Crippen LogP contribution in [0.15, 0.2) is 17.1 Å². The number of Topliss-reactive ketones (excluding diaryl/α,β-unsaturated/α-hetero) is 1. The molecule has 3 N–H and O–H groups in total. The summed E-state index contributed by atoms with van der Waals surface area (Å²) in [5.41, 5.74) is 0. The van der Waals surface area contributed by atoms with E-state index in [0.717, 1.165) is 25.7 Å². The van der Waals surface area contributed by atoms with Gasteiger partial charge in [0.15, 0.2) is 0 Å². The maximum Gasteiger partial charge on any atom is 0.267 e. The van der Waals surface area contributed by atoms with Crippen LogP contribution in [0.5, 0.6) is 0 Å². The second kappa shape index (κ2) is 12.4. The number of quaternary nitrogens is 1. The maximum atomic E-state index is 12.7. The van der Waals surface area contributed by atoms with E-state index in [1.165, 1.54) is 12.8 Å². The number of nitrogens with zero attached hydrogens (tertiary/aromatic N) is 2. The van der Waals surface area contributed by atoms with Crippen molar-refractivity contribution in [2.45, 2.75) is 58.0 Å². The molecule has 0 saturated carbocycles. The number of allylic oxidation sites excluding steroid dienone is 2. The molecule has 1 heterocycles. The average molecular weight is 420 g/mol. The van der Waals surface area contributed by atoms with E-state index in [9.17, 15) is 23.4 Å². The lowest BCUT2D eigenvalue weighted by molar-refractivity contribution is -0.837. The summed E-state index contributed by atoms with van der Waals surface area (Å²) >= 11 is 0. The van der Waals surface area contributed by atoms with Gasteiger partial charge in [0.25, 0.3) is 16.0 Å². The van der Waals surface area contributed by atoms with Gasteiger partial charge >= 0.3 is 0 Å². The monoisotopic (exact) mass is 419 g/mol. The van der Waals surface area contributed by atoms with Crippen LogP contribution >= 0.6 is 0 Å². The Hall–Kier alpha value is -1.13. The van der Waals surface area contributed by atoms with Crippen LogP contribution in [-0.2, 0) is 14.9 Å². The van der Waals surface area contributed by atoms with Crippen molar-refractivity contribution in [3.63, 3.8) is 0 Å². The average Bonchev–Trinajstić information content (AvgIpc) is 2.98. The third-order valence-electron chi connectivity index (χ3n) is 4.90. The largest absolute Gasteiger partial charge is 0.390 e. The number of aliphatic imine (C=N–C) groups is 1. The molecule has 0 saturated heterocycles. The Morgan fingerprint density at radius 1 is 1.25 bits per heavy atom. The molecule has 0 radical (unpaired) electrons. The lowest BCUT2D eigenvalue weighted by atomic mass is 10.1. The highest BCUT2D eigenvalue weighted by Crippen LogP contribution is 2.19. The zero-order valence-electron chi connectivity index (χ0n) is 16.8. The summed E-state index contributed by atoms with van der Waals surface area (Å²) in [6, 6.07) is 0. The quantitative estimate of drug-likeness (QED) is 0.159. The number of unbranched alkanes of at least 4 members (excludes halogenated alkanes) is 4. The first-order chi connectivity index (χ1) is 13.2. The van der Waals surface area contributed by atoms with Gasteiger partial charge in [-0.15, -0.1) is 0 Å². The van der Waals surface area contributed by atoms with Crippen LogP contribution in [0.2, 0.25) is 0 Å². The standard InChI is InChI=1S/C19H34N2O6S/c1-2-3-4-5-6-7-8-9-10-18(24)19-20-11-12-21(19,13-14-22)15-17(23)16-28(25,26)27/h5-6,17,22-23H,2-4,7-16H2,1H3/p+1/b6-5+. The Bertz CT molecular complexity index is 647. The summed E-state index contributed by atoms with van der Waals surface area (Å²) in [5, 5.41) is 19.5. The van der Waals surface area contributed by atoms with E-state index in [2.05, 4.69) is 24.1 Å². The van der Waals surface area contributed by atoms with Crippen LogP contribution in [0.25, 0.3) is 0 Å². The first-order valence-corrected chi connectivity index (χ1v) is 11.7. The van der Waals surface area contributed by atoms with Crippen molar-refractivity contribution in [2.75, 3.05) is 38.5 Å². The Morgan fingerprint density at radius 3 is 2.54 bits per heavy atom. The number of hydrogen-bond donors (Lipinski definition) is 3. The van der Waals surface area contributed by atoms with Crippen molar-refractivity contribution in [2.24, 2.45) is 4.99 Å². The second-order valence-electron chi connectivity index (χ2n) is 7.39. The smallest absolute Gasteiger partial charge is 0.267 e. The Kier molecular flexibility index (Phi) is 11.1. The van der Waals surface area contributed by atoms with Crippen LogP contribution in [0.4, 0.5) is 0 Å². The maximum absolute atomic E-state index is 12.7. The second-order valence-corrected chi connectivity index (χ2v) is 8.89. The van der Waals surface area contributed by atoms with Gasteiger partial charge in [0.1, 0.15) is 31.5 Å². The molecule has 1 aliphatic rings. The van der Waals surface area contributed by atoms with Crippen molar-refractivity contribution < 1.29 is 32.5 Å². The predicted molar refractivity (Wildman–Crippen MR) is 109 cm³/mol. The minimum atomic E-state index is -4.33. The van der Waals surface area contributed by atoms with E-state index in [-0.39, 0.29) is 30.0 Å². The number of aliphatic hydroxyl groups excluding tert-OH is 2. The van der Waals surface area contributed by atoms with E-state index >= 15 is 0 Å². The third kappa shape index (κ3) is 8.91. The van der Waals surface area contributed by atoms with Crippen LogP contribution < -0.4 is 0 Å². The molecule has 0 aromatic carbocycles. The highest BCUT2D eigenvalue weighted by atomic mass is 32.2. The van der Waals surface area contributed by atoms with Crippen LogP contribution in [0.3, 0.4) is 0 Å². The van der Waals surface area contributed by atoms with Gasteiger partial charge in [-0.2, -0.15) is 8.42 Å². The molecule has 2 atom stereocenters. The first kappa shape index (κ1) is 24.9. The fourth-order valence-corrected chi connectivity index (χ4v) is 4.14. The van der Waals surface area contributed by atoms with Crippen molar-refractivity contribution in [3.05, 3.63) is 12.2 Å². The molecule has 28 heavy (non-hydrogen) atoms. The van der Waals surface area contributed by atoms with Crippen molar-refractivity contribution >= 4 is 21.7 Å². The summed E-state index contributed by atoms with van der Waals surface area (Å²) in [6.45, 7) is 2.85. The van der Waals surface area contributed by atoms with E-state index in [1.54, 1.807) is 0 Å². The molecule has 0 aromatic heterocycles. The van der Waals surface area contributed by atoms with Crippen molar-refractivity contribution in [1.82, 2.24) is 0 Å². The summed E-state index contributed by atoms with van der Waals surface area (Å²) in [5.74, 6) is -0.633. The van der Waals surface area contributed by atoms with E-state index < -0.39 is 22.0 Å². The van der Waals surface area contributed by atoms with Crippen LogP contribution in [0.1, 0.15) is 51.9 Å². The summed E-state index contributed by atoms with van der Waals surface area (Å²) in [4.78, 5) is 17.0. The summed E-state index contributed by atoms with van der Waals surface area (Å²) in [6.07, 6.45) is 9.29. The highest BCUT2D eigenvalue weighted by molar-refractivity contribution is 7.85. The van der Waals surface area contributed by atoms with Crippen molar-refractivity contribution in [3.8, 4) is 0 Å². The lowest BCUT2D eigenvalue weighted by Crippen LogP contribution is -2.59. The Balaban J connectivity index is 2.60. The molecule has 0 bridgehead atoms. The molecule has 162 valence electrons. The van der Waals surface area contributed by atoms with Gasteiger partial charge in [0, 0.05) is 6.42 Å². The van der Waals surface area contributed by atoms with Gasteiger partial charge in [-0.05, 0) is 25.7 Å². The topological polar surface area (TPSA) is 124 Å². The Labute approximate surface area is 168 Å². The van der Waals surface area contributed by atoms with Gasteiger partial charge in [-0.1, -0.05) is 31.9 Å². The number of ketones is 1. The summed E-state index contributed by atoms with van der Waals surface area (Å²) < 4.78 is 30.9. The number of aliphatic hydroxyl groups is 2. The first-order valence-electron chi connectivity index (χ1n) is 10.1. The zero-order chi connectivity index (χ0) is 21.0. The zero-order valence-corrected chi connectivity index (χ0v) is 17.6. The van der Waals surface area contributed by atoms with E-state index in [0.29, 0.717) is 25.3 Å². The lowest BCUT2D eigenvalue weighted by Gasteiger charge is -2.34. The Morgan fingerprint density at radius 2 is 1.93 bits per heavy atom. The molecule has 1 aliphatic heterocycles. The SMILES string of the molecule is CCCC/C=C/CCCCC(=O)C1=NCC[N+]1(CCO)CC(O)CS(=O)(=O)O. The normalized spacial score (nSPS) is 21.2. The predicted octanol–water partition coefficient (Wildman–Crippen LogP) is 1.33. The van der Waals surface area contributed by atoms with Gasteiger partial charge in [0.05, 0.1) is 13.2 Å². The minimum absolute atomic E-state index is 0.0387. The molecule has 0 spiro atoms. The number of rotatable bonds is 15. The van der Waals surface area contributed by atoms with E-state index in [1.807, 2.05) is 0 Å². The fraction of sp³-hybridized carbons (Fsp3) is 0.789. The molecule has 0 fully saturated rings. The molecule has 2 unspecified atom stereocenters. The molecule has 1 rings (SSSR count). The third-order valence-corrected chi connectivity index (χ3v) is 5.70. The molecule has 0 amide bonds. The molecule has 9 heteroatoms. The van der Waals surface area contributed by atoms with Gasteiger partial charge < -0.3 is 10.2 Å². The summed E-state index contributed by atoms with van der Waals surface area (Å²) in [7, 11) is -4.33. The van der Waals surface area contributed by atoms with E-state index in [4.69, 9.17) is 4.55 Å². The number of carbonyl (C=O) groups excluding carboxylic acids is 1. The molecular weight excluding hydrogens is 384 g/mol. The van der Waals surface area contributed by atoms with Gasteiger partial charge in [-0.3, -0.25) is 13.8 Å².